The van der Waals surface area contributed by atoms with Gasteiger partial charge < -0.3 is 15.1 Å². The van der Waals surface area contributed by atoms with Crippen molar-refractivity contribution < 1.29 is 14.0 Å². The largest absolute Gasteiger partial charge is 0.459 e. The van der Waals surface area contributed by atoms with Crippen LogP contribution in [0.4, 0.5) is 0 Å². The first-order valence-electron chi connectivity index (χ1n) is 7.61. The molecule has 0 aliphatic heterocycles. The fourth-order valence-corrected chi connectivity index (χ4v) is 2.06. The lowest BCUT2D eigenvalue weighted by molar-refractivity contribution is -0.121. The first-order valence-corrected chi connectivity index (χ1v) is 7.61. The van der Waals surface area contributed by atoms with Crippen molar-refractivity contribution >= 4 is 11.8 Å². The van der Waals surface area contributed by atoms with Gasteiger partial charge in [0, 0.05) is 25.7 Å². The molecule has 3 aromatic heterocycles. The highest BCUT2D eigenvalue weighted by atomic mass is 16.3. The maximum absolute atomic E-state index is 11.8. The summed E-state index contributed by atoms with van der Waals surface area (Å²) in [6.45, 7) is 0.588. The van der Waals surface area contributed by atoms with Gasteiger partial charge in [-0.1, -0.05) is 6.07 Å². The molecule has 0 bridgehead atoms. The van der Waals surface area contributed by atoms with Gasteiger partial charge in [0.25, 0.3) is 5.91 Å². The van der Waals surface area contributed by atoms with Crippen LogP contribution < -0.4 is 10.6 Å². The van der Waals surface area contributed by atoms with Gasteiger partial charge in [0.05, 0.1) is 6.26 Å². The highest BCUT2D eigenvalue weighted by molar-refractivity contribution is 5.91. The fourth-order valence-electron chi connectivity index (χ4n) is 2.06. The van der Waals surface area contributed by atoms with E-state index in [1.807, 2.05) is 6.07 Å². The molecule has 9 nitrogen and oxygen atoms in total. The van der Waals surface area contributed by atoms with Gasteiger partial charge in [0.1, 0.15) is 12.7 Å². The topological polar surface area (TPSA) is 115 Å². The Labute approximate surface area is 143 Å². The molecule has 0 saturated heterocycles. The van der Waals surface area contributed by atoms with Gasteiger partial charge in [-0.3, -0.25) is 9.59 Å². The lowest BCUT2D eigenvalue weighted by Crippen LogP contribution is -2.30. The van der Waals surface area contributed by atoms with E-state index in [1.165, 1.54) is 12.6 Å². The zero-order chi connectivity index (χ0) is 17.5. The number of hydrogen-bond donors (Lipinski definition) is 2. The van der Waals surface area contributed by atoms with Crippen LogP contribution in [-0.2, 0) is 11.3 Å². The number of carbonyl (C=O) groups is 2. The number of nitrogens with zero attached hydrogens (tertiary/aromatic N) is 4. The van der Waals surface area contributed by atoms with Crippen molar-refractivity contribution in [2.45, 2.75) is 13.0 Å². The Balaban J connectivity index is 1.39. The predicted octanol–water partition coefficient (Wildman–Crippen LogP) is 0.692. The smallest absolute Gasteiger partial charge is 0.286 e. The van der Waals surface area contributed by atoms with E-state index >= 15 is 0 Å². The molecule has 3 aromatic rings. The molecule has 0 aliphatic carbocycles. The van der Waals surface area contributed by atoms with Crippen molar-refractivity contribution in [1.29, 1.82) is 0 Å². The summed E-state index contributed by atoms with van der Waals surface area (Å²) in [5, 5.41) is 9.38. The highest BCUT2D eigenvalue weighted by Gasteiger charge is 2.08. The minimum Gasteiger partial charge on any atom is -0.459 e. The van der Waals surface area contributed by atoms with Gasteiger partial charge in [0.2, 0.25) is 5.91 Å². The van der Waals surface area contributed by atoms with Crippen molar-refractivity contribution in [2.24, 2.45) is 0 Å². The number of rotatable bonds is 7. The molecule has 9 heteroatoms. The number of hydrogen-bond acceptors (Lipinski definition) is 6. The van der Waals surface area contributed by atoms with Crippen molar-refractivity contribution in [3.05, 3.63) is 60.7 Å². The molecule has 3 heterocycles. The molecule has 0 spiro atoms. The fraction of sp³-hybridized carbons (Fsp3) is 0.188. The van der Waals surface area contributed by atoms with Crippen molar-refractivity contribution in [1.82, 2.24) is 30.4 Å². The molecular weight excluding hydrogens is 324 g/mol. The van der Waals surface area contributed by atoms with E-state index in [0.717, 1.165) is 5.56 Å². The first kappa shape index (κ1) is 16.4. The number of amides is 2. The van der Waals surface area contributed by atoms with Crippen molar-refractivity contribution in [2.75, 3.05) is 6.54 Å². The summed E-state index contributed by atoms with van der Waals surface area (Å²) in [6, 6.07) is 6.83. The summed E-state index contributed by atoms with van der Waals surface area (Å²) in [5.41, 5.74) is 0.858. The Morgan fingerprint density at radius 2 is 2.12 bits per heavy atom. The third kappa shape index (κ3) is 4.50. The van der Waals surface area contributed by atoms with Gasteiger partial charge in [-0.15, -0.1) is 0 Å². The molecule has 0 aliphatic rings. The third-order valence-electron chi connectivity index (χ3n) is 3.33. The monoisotopic (exact) mass is 340 g/mol. The molecule has 0 radical (unpaired) electrons. The molecule has 0 unspecified atom stereocenters. The van der Waals surface area contributed by atoms with E-state index in [9.17, 15) is 9.59 Å². The van der Waals surface area contributed by atoms with Gasteiger partial charge >= 0.3 is 0 Å². The second-order valence-corrected chi connectivity index (χ2v) is 5.12. The molecule has 0 fully saturated rings. The average molecular weight is 340 g/mol. The minimum absolute atomic E-state index is 0.167. The predicted molar refractivity (Wildman–Crippen MR) is 86.7 cm³/mol. The molecule has 0 atom stereocenters. The van der Waals surface area contributed by atoms with E-state index in [2.05, 4.69) is 25.7 Å². The Hall–Kier alpha value is -3.49. The van der Waals surface area contributed by atoms with E-state index < -0.39 is 0 Å². The molecule has 0 aromatic carbocycles. The second kappa shape index (κ2) is 7.86. The number of nitrogens with one attached hydrogen (secondary N) is 2. The van der Waals surface area contributed by atoms with Crippen LogP contribution in [0.1, 0.15) is 22.5 Å². The maximum Gasteiger partial charge on any atom is 0.286 e. The summed E-state index contributed by atoms with van der Waals surface area (Å²) in [5.74, 6) is 0.359. The van der Waals surface area contributed by atoms with Gasteiger partial charge in [0.15, 0.2) is 11.6 Å². The van der Waals surface area contributed by atoms with E-state index in [1.54, 1.807) is 35.4 Å². The van der Waals surface area contributed by atoms with Crippen LogP contribution in [0.2, 0.25) is 0 Å². The van der Waals surface area contributed by atoms with Crippen LogP contribution in [0, 0.1) is 0 Å². The van der Waals surface area contributed by atoms with Crippen molar-refractivity contribution in [3.8, 4) is 5.82 Å². The average Bonchev–Trinajstić information content (AvgIpc) is 3.34. The van der Waals surface area contributed by atoms with E-state index in [-0.39, 0.29) is 30.5 Å². The van der Waals surface area contributed by atoms with Gasteiger partial charge in [-0.05, 0) is 23.8 Å². The Kier molecular flexibility index (Phi) is 5.15. The number of carbonyl (C=O) groups excluding carboxylic acids is 2. The molecule has 0 saturated carbocycles. The van der Waals surface area contributed by atoms with Crippen LogP contribution in [0.15, 0.2) is 53.8 Å². The Morgan fingerprint density at radius 1 is 1.20 bits per heavy atom. The van der Waals surface area contributed by atoms with Crippen LogP contribution in [0.5, 0.6) is 0 Å². The maximum atomic E-state index is 11.8. The first-order chi connectivity index (χ1) is 12.2. The highest BCUT2D eigenvalue weighted by Crippen LogP contribution is 2.04. The lowest BCUT2D eigenvalue weighted by Gasteiger charge is -2.07. The zero-order valence-corrected chi connectivity index (χ0v) is 13.3. The Morgan fingerprint density at radius 3 is 2.80 bits per heavy atom. The normalized spacial score (nSPS) is 10.4. The second-order valence-electron chi connectivity index (χ2n) is 5.12. The molecule has 128 valence electrons. The van der Waals surface area contributed by atoms with Crippen molar-refractivity contribution in [3.63, 3.8) is 0 Å². The minimum atomic E-state index is -0.342. The van der Waals surface area contributed by atoms with Crippen LogP contribution in [-0.4, -0.2) is 38.1 Å². The van der Waals surface area contributed by atoms with Crippen LogP contribution in [0.3, 0.4) is 0 Å². The number of furan rings is 1. The van der Waals surface area contributed by atoms with E-state index in [4.69, 9.17) is 4.42 Å². The number of aromatic nitrogens is 4. The summed E-state index contributed by atoms with van der Waals surface area (Å²) in [7, 11) is 0. The third-order valence-corrected chi connectivity index (χ3v) is 3.33. The lowest BCUT2D eigenvalue weighted by atomic mass is 10.2. The van der Waals surface area contributed by atoms with Crippen LogP contribution >= 0.6 is 0 Å². The molecule has 25 heavy (non-hydrogen) atoms. The molecule has 3 rings (SSSR count). The zero-order valence-electron chi connectivity index (χ0n) is 13.3. The standard InChI is InChI=1S/C16H16N6O3/c23-15(5-6-18-16(24)13-2-1-7-25-13)20-9-12-3-4-14(19-8-12)22-11-17-10-21-22/h1-4,7-8,10-11H,5-6,9H2,(H,18,24)(H,20,23). The van der Waals surface area contributed by atoms with Crippen LogP contribution in [0.25, 0.3) is 5.82 Å². The Bertz CT molecular complexity index is 812. The molecular formula is C16H16N6O3. The van der Waals surface area contributed by atoms with Gasteiger partial charge in [-0.2, -0.15) is 5.10 Å². The summed E-state index contributed by atoms with van der Waals surface area (Å²) >= 11 is 0. The summed E-state index contributed by atoms with van der Waals surface area (Å²) < 4.78 is 6.51. The van der Waals surface area contributed by atoms with E-state index in [0.29, 0.717) is 12.4 Å². The molecule has 2 amide bonds. The van der Waals surface area contributed by atoms with Gasteiger partial charge in [-0.25, -0.2) is 14.6 Å². The SMILES string of the molecule is O=C(CCNC(=O)c1ccco1)NCc1ccc(-n2cncn2)nc1. The quantitative estimate of drug-likeness (QED) is 0.654. The summed E-state index contributed by atoms with van der Waals surface area (Å²) in [4.78, 5) is 31.6. The number of pyridine rings is 1. The molecule has 2 N–H and O–H groups in total. The summed E-state index contributed by atoms with van der Waals surface area (Å²) in [6.07, 6.45) is 6.25.